The van der Waals surface area contributed by atoms with Gasteiger partial charge in [-0.3, -0.25) is 4.31 Å². The van der Waals surface area contributed by atoms with Crippen LogP contribution in [0.3, 0.4) is 0 Å². The van der Waals surface area contributed by atoms with Gasteiger partial charge in [-0.05, 0) is 24.6 Å². The molecule has 0 aliphatic carbocycles. The Labute approximate surface area is 112 Å². The summed E-state index contributed by atoms with van der Waals surface area (Å²) in [5.41, 5.74) is 1.36. The lowest BCUT2D eigenvalue weighted by Crippen LogP contribution is -2.47. The maximum Gasteiger partial charge on any atom is 0.348 e. The number of aryl methyl sites for hydroxylation is 1. The number of nitrogens with zero attached hydrogens (tertiary/aromatic N) is 1. The monoisotopic (exact) mass is 285 g/mol. The number of rotatable bonds is 2. The van der Waals surface area contributed by atoms with E-state index in [9.17, 15) is 13.2 Å². The lowest BCUT2D eigenvalue weighted by molar-refractivity contribution is -0.148. The van der Waals surface area contributed by atoms with E-state index in [0.717, 1.165) is 11.8 Å². The normalized spacial score (nSPS) is 18.5. The Kier molecular flexibility index (Phi) is 3.40. The summed E-state index contributed by atoms with van der Waals surface area (Å²) in [5.74, 6) is -0.238. The highest BCUT2D eigenvalue weighted by molar-refractivity contribution is 7.92. The van der Waals surface area contributed by atoms with Gasteiger partial charge in [-0.25, -0.2) is 13.2 Å². The van der Waals surface area contributed by atoms with Gasteiger partial charge in [-0.15, -0.1) is 0 Å². The number of ether oxygens (including phenoxy) is 2. The van der Waals surface area contributed by atoms with E-state index in [1.807, 2.05) is 6.92 Å². The molecular formula is C12H15NO5S. The summed E-state index contributed by atoms with van der Waals surface area (Å²) in [5, 5.41) is 0. The molecule has 1 heterocycles. The second kappa shape index (κ2) is 4.73. The third-order valence-corrected chi connectivity index (χ3v) is 3.99. The molecule has 0 radical (unpaired) electrons. The van der Waals surface area contributed by atoms with E-state index < -0.39 is 22.1 Å². The average Bonchev–Trinajstić information content (AvgIpc) is 2.35. The molecule has 0 fully saturated rings. The second-order valence-electron chi connectivity index (χ2n) is 4.39. The van der Waals surface area contributed by atoms with Gasteiger partial charge in [0.15, 0.2) is 0 Å². The highest BCUT2D eigenvalue weighted by atomic mass is 32.2. The lowest BCUT2D eigenvalue weighted by Gasteiger charge is -2.33. The van der Waals surface area contributed by atoms with Crippen LogP contribution < -0.4 is 9.04 Å². The maximum atomic E-state index is 11.8. The predicted octanol–water partition coefficient (Wildman–Crippen LogP) is 0.695. The van der Waals surface area contributed by atoms with Gasteiger partial charge in [0.25, 0.3) is 0 Å². The number of esters is 1. The van der Waals surface area contributed by atoms with Crippen LogP contribution in [-0.2, 0) is 19.6 Å². The Hall–Kier alpha value is -1.76. The summed E-state index contributed by atoms with van der Waals surface area (Å²) in [7, 11) is -2.25. The largest absolute Gasteiger partial charge is 0.475 e. The van der Waals surface area contributed by atoms with Gasteiger partial charge in [-0.1, -0.05) is 6.07 Å². The van der Waals surface area contributed by atoms with Gasteiger partial charge in [0.1, 0.15) is 5.75 Å². The van der Waals surface area contributed by atoms with Crippen molar-refractivity contribution in [3.8, 4) is 5.75 Å². The first-order chi connectivity index (χ1) is 8.82. The zero-order valence-corrected chi connectivity index (χ0v) is 11.7. The molecule has 19 heavy (non-hydrogen) atoms. The minimum Gasteiger partial charge on any atom is -0.475 e. The molecule has 0 saturated carbocycles. The summed E-state index contributed by atoms with van der Waals surface area (Å²) < 4.78 is 34.9. The van der Waals surface area contributed by atoms with E-state index >= 15 is 0 Å². The second-order valence-corrected chi connectivity index (χ2v) is 6.30. The first kappa shape index (κ1) is 13.7. The Morgan fingerprint density at radius 3 is 2.74 bits per heavy atom. The van der Waals surface area contributed by atoms with E-state index in [2.05, 4.69) is 4.74 Å². The Morgan fingerprint density at radius 1 is 1.47 bits per heavy atom. The molecule has 0 N–H and O–H groups in total. The molecule has 1 aromatic rings. The van der Waals surface area contributed by atoms with Crippen LogP contribution in [0.1, 0.15) is 5.56 Å². The van der Waals surface area contributed by atoms with E-state index in [4.69, 9.17) is 4.74 Å². The number of anilines is 1. The van der Waals surface area contributed by atoms with Gasteiger partial charge in [0.05, 0.1) is 25.6 Å². The maximum absolute atomic E-state index is 11.8. The lowest BCUT2D eigenvalue weighted by atomic mass is 10.1. The SMILES string of the molecule is COC(=O)C1CN(S(C)(=O)=O)c2cc(C)ccc2O1. The average molecular weight is 285 g/mol. The van der Waals surface area contributed by atoms with Crippen LogP contribution in [0.25, 0.3) is 0 Å². The zero-order chi connectivity index (χ0) is 14.2. The van der Waals surface area contributed by atoms with Crippen molar-refractivity contribution in [2.45, 2.75) is 13.0 Å². The van der Waals surface area contributed by atoms with Crippen LogP contribution in [0.5, 0.6) is 5.75 Å². The number of sulfonamides is 1. The van der Waals surface area contributed by atoms with Gasteiger partial charge in [-0.2, -0.15) is 0 Å². The summed E-state index contributed by atoms with van der Waals surface area (Å²) in [6.07, 6.45) is 0.147. The molecular weight excluding hydrogens is 270 g/mol. The minimum absolute atomic E-state index is 0.0814. The molecule has 1 aliphatic rings. The van der Waals surface area contributed by atoms with Crippen molar-refractivity contribution >= 4 is 21.7 Å². The van der Waals surface area contributed by atoms with Crippen molar-refractivity contribution in [3.05, 3.63) is 23.8 Å². The molecule has 0 bridgehead atoms. The molecule has 1 aromatic carbocycles. The number of carbonyl (C=O) groups excluding carboxylic acids is 1. The number of hydrogen-bond acceptors (Lipinski definition) is 5. The number of methoxy groups -OCH3 is 1. The quantitative estimate of drug-likeness (QED) is 0.748. The molecule has 104 valence electrons. The molecule has 1 unspecified atom stereocenters. The highest BCUT2D eigenvalue weighted by Gasteiger charge is 2.35. The van der Waals surface area contributed by atoms with Crippen molar-refractivity contribution in [1.29, 1.82) is 0 Å². The van der Waals surface area contributed by atoms with Crippen LogP contribution in [0.15, 0.2) is 18.2 Å². The molecule has 0 amide bonds. The fourth-order valence-electron chi connectivity index (χ4n) is 1.93. The standard InChI is InChI=1S/C12H15NO5S/c1-8-4-5-10-9(6-8)13(19(3,15)16)7-11(18-10)12(14)17-2/h4-6,11H,7H2,1-3H3. The van der Waals surface area contributed by atoms with Gasteiger partial charge >= 0.3 is 5.97 Å². The van der Waals surface area contributed by atoms with Crippen molar-refractivity contribution in [2.24, 2.45) is 0 Å². The first-order valence-electron chi connectivity index (χ1n) is 5.66. The Morgan fingerprint density at radius 2 is 2.16 bits per heavy atom. The fourth-order valence-corrected chi connectivity index (χ4v) is 2.84. The topological polar surface area (TPSA) is 72.9 Å². The van der Waals surface area contributed by atoms with Crippen LogP contribution in [-0.4, -0.2) is 40.4 Å². The van der Waals surface area contributed by atoms with Crippen molar-refractivity contribution in [1.82, 2.24) is 0 Å². The molecule has 0 saturated heterocycles. The number of hydrogen-bond donors (Lipinski definition) is 0. The summed E-state index contributed by atoms with van der Waals surface area (Å²) in [6, 6.07) is 5.15. The van der Waals surface area contributed by atoms with Crippen LogP contribution >= 0.6 is 0 Å². The molecule has 1 atom stereocenters. The van der Waals surface area contributed by atoms with E-state index in [1.54, 1.807) is 18.2 Å². The molecule has 6 nitrogen and oxygen atoms in total. The Bertz CT molecular complexity index is 611. The molecule has 7 heteroatoms. The first-order valence-corrected chi connectivity index (χ1v) is 7.50. The number of benzene rings is 1. The Balaban J connectivity index is 2.49. The van der Waals surface area contributed by atoms with E-state index in [-0.39, 0.29) is 6.54 Å². The third kappa shape index (κ3) is 2.65. The predicted molar refractivity (Wildman–Crippen MR) is 69.8 cm³/mol. The minimum atomic E-state index is -3.49. The van der Waals surface area contributed by atoms with Gasteiger partial charge in [0, 0.05) is 0 Å². The van der Waals surface area contributed by atoms with Crippen LogP contribution in [0, 0.1) is 6.92 Å². The highest BCUT2D eigenvalue weighted by Crippen LogP contribution is 2.35. The zero-order valence-electron chi connectivity index (χ0n) is 10.9. The molecule has 1 aliphatic heterocycles. The van der Waals surface area contributed by atoms with Crippen molar-refractivity contribution < 1.29 is 22.7 Å². The van der Waals surface area contributed by atoms with Crippen LogP contribution in [0.4, 0.5) is 5.69 Å². The fraction of sp³-hybridized carbons (Fsp3) is 0.417. The summed E-state index contributed by atoms with van der Waals surface area (Å²) in [4.78, 5) is 11.5. The number of carbonyl (C=O) groups is 1. The van der Waals surface area contributed by atoms with Crippen molar-refractivity contribution in [3.63, 3.8) is 0 Å². The molecule has 0 aromatic heterocycles. The van der Waals surface area contributed by atoms with E-state index in [0.29, 0.717) is 11.4 Å². The van der Waals surface area contributed by atoms with Crippen LogP contribution in [0.2, 0.25) is 0 Å². The summed E-state index contributed by atoms with van der Waals surface area (Å²) in [6.45, 7) is 1.77. The van der Waals surface area contributed by atoms with Crippen molar-refractivity contribution in [2.75, 3.05) is 24.2 Å². The van der Waals surface area contributed by atoms with Gasteiger partial charge < -0.3 is 9.47 Å². The third-order valence-electron chi connectivity index (χ3n) is 2.85. The van der Waals surface area contributed by atoms with E-state index in [1.165, 1.54) is 11.4 Å². The summed E-state index contributed by atoms with van der Waals surface area (Å²) >= 11 is 0. The molecule has 2 rings (SSSR count). The molecule has 0 spiro atoms. The van der Waals surface area contributed by atoms with Gasteiger partial charge in [0.2, 0.25) is 16.1 Å². The smallest absolute Gasteiger partial charge is 0.348 e. The number of fused-ring (bicyclic) bond motifs is 1.